The molecule has 1 atom stereocenters. The number of carbonyl (C=O) groups is 1. The van der Waals surface area contributed by atoms with E-state index in [0.717, 1.165) is 5.56 Å². The quantitative estimate of drug-likeness (QED) is 0.492. The Labute approximate surface area is 107 Å². The maximum absolute atomic E-state index is 11.7. The molecule has 0 saturated carbocycles. The SMILES string of the molecule is CC(c1ccccc1)c1ccccc1C(=O)NN. The van der Waals surface area contributed by atoms with Crippen molar-refractivity contribution in [3.8, 4) is 0 Å². The van der Waals surface area contributed by atoms with Crippen LogP contribution in [-0.4, -0.2) is 5.91 Å². The van der Waals surface area contributed by atoms with Gasteiger partial charge in [0, 0.05) is 11.5 Å². The van der Waals surface area contributed by atoms with Crippen LogP contribution < -0.4 is 11.3 Å². The summed E-state index contributed by atoms with van der Waals surface area (Å²) >= 11 is 0. The van der Waals surface area contributed by atoms with Crippen LogP contribution in [0.25, 0.3) is 0 Å². The lowest BCUT2D eigenvalue weighted by molar-refractivity contribution is 0.0952. The molecule has 0 aliphatic heterocycles. The van der Waals surface area contributed by atoms with Crippen molar-refractivity contribution in [3.05, 3.63) is 71.3 Å². The summed E-state index contributed by atoms with van der Waals surface area (Å²) in [6.07, 6.45) is 0. The third-order valence-corrected chi connectivity index (χ3v) is 3.10. The summed E-state index contributed by atoms with van der Waals surface area (Å²) < 4.78 is 0. The Balaban J connectivity index is 2.42. The number of amides is 1. The molecule has 0 spiro atoms. The molecule has 0 fully saturated rings. The molecule has 2 aromatic rings. The second-order valence-electron chi connectivity index (χ2n) is 4.19. The van der Waals surface area contributed by atoms with Crippen molar-refractivity contribution in [1.29, 1.82) is 0 Å². The molecule has 0 aromatic heterocycles. The fourth-order valence-electron chi connectivity index (χ4n) is 2.08. The number of hydrazine groups is 1. The van der Waals surface area contributed by atoms with Crippen molar-refractivity contribution in [2.24, 2.45) is 5.84 Å². The zero-order valence-electron chi connectivity index (χ0n) is 10.3. The highest BCUT2D eigenvalue weighted by atomic mass is 16.2. The number of benzene rings is 2. The van der Waals surface area contributed by atoms with Crippen molar-refractivity contribution in [3.63, 3.8) is 0 Å². The van der Waals surface area contributed by atoms with Crippen LogP contribution in [0.1, 0.15) is 34.3 Å². The predicted molar refractivity (Wildman–Crippen MR) is 72.1 cm³/mol. The zero-order valence-corrected chi connectivity index (χ0v) is 10.3. The minimum atomic E-state index is -0.256. The average molecular weight is 240 g/mol. The Bertz CT molecular complexity index is 537. The lowest BCUT2D eigenvalue weighted by atomic mass is 9.89. The van der Waals surface area contributed by atoms with Gasteiger partial charge in [-0.05, 0) is 17.2 Å². The van der Waals surface area contributed by atoms with Gasteiger partial charge in [-0.2, -0.15) is 0 Å². The van der Waals surface area contributed by atoms with E-state index in [9.17, 15) is 4.79 Å². The molecule has 18 heavy (non-hydrogen) atoms. The maximum Gasteiger partial charge on any atom is 0.265 e. The van der Waals surface area contributed by atoms with E-state index in [1.54, 1.807) is 6.07 Å². The summed E-state index contributed by atoms with van der Waals surface area (Å²) in [6, 6.07) is 17.6. The number of rotatable bonds is 3. The largest absolute Gasteiger partial charge is 0.290 e. The second kappa shape index (κ2) is 5.47. The van der Waals surface area contributed by atoms with E-state index in [0.29, 0.717) is 5.56 Å². The summed E-state index contributed by atoms with van der Waals surface area (Å²) in [5.74, 6) is 5.11. The molecule has 0 heterocycles. The third kappa shape index (κ3) is 2.41. The first-order valence-corrected chi connectivity index (χ1v) is 5.89. The number of hydrogen-bond acceptors (Lipinski definition) is 2. The summed E-state index contributed by atoms with van der Waals surface area (Å²) in [6.45, 7) is 2.08. The van der Waals surface area contributed by atoms with Gasteiger partial charge in [0.2, 0.25) is 0 Å². The van der Waals surface area contributed by atoms with Crippen LogP contribution in [0.4, 0.5) is 0 Å². The van der Waals surface area contributed by atoms with E-state index in [2.05, 4.69) is 24.5 Å². The summed E-state index contributed by atoms with van der Waals surface area (Å²) in [7, 11) is 0. The van der Waals surface area contributed by atoms with Gasteiger partial charge in [-0.3, -0.25) is 10.2 Å². The Morgan fingerprint density at radius 3 is 2.33 bits per heavy atom. The Morgan fingerprint density at radius 1 is 1.06 bits per heavy atom. The van der Waals surface area contributed by atoms with E-state index in [1.807, 2.05) is 36.4 Å². The molecule has 0 bridgehead atoms. The monoisotopic (exact) mass is 240 g/mol. The lowest BCUT2D eigenvalue weighted by Crippen LogP contribution is -2.31. The van der Waals surface area contributed by atoms with E-state index in [-0.39, 0.29) is 11.8 Å². The van der Waals surface area contributed by atoms with Crippen LogP contribution in [0.15, 0.2) is 54.6 Å². The topological polar surface area (TPSA) is 55.1 Å². The molecule has 2 aromatic carbocycles. The smallest absolute Gasteiger partial charge is 0.265 e. The summed E-state index contributed by atoms with van der Waals surface area (Å²) in [5.41, 5.74) is 4.96. The Kier molecular flexibility index (Phi) is 3.75. The third-order valence-electron chi connectivity index (χ3n) is 3.10. The van der Waals surface area contributed by atoms with Gasteiger partial charge in [-0.1, -0.05) is 55.5 Å². The van der Waals surface area contributed by atoms with Gasteiger partial charge >= 0.3 is 0 Å². The number of carbonyl (C=O) groups excluding carboxylic acids is 1. The van der Waals surface area contributed by atoms with Crippen LogP contribution >= 0.6 is 0 Å². The molecule has 1 unspecified atom stereocenters. The summed E-state index contributed by atoms with van der Waals surface area (Å²) in [5, 5.41) is 0. The molecule has 0 saturated heterocycles. The number of nitrogens with two attached hydrogens (primary N) is 1. The number of hydrogen-bond donors (Lipinski definition) is 2. The lowest BCUT2D eigenvalue weighted by Gasteiger charge is -2.16. The van der Waals surface area contributed by atoms with Crippen LogP contribution in [0.3, 0.4) is 0 Å². The predicted octanol–water partition coefficient (Wildman–Crippen LogP) is 2.44. The van der Waals surface area contributed by atoms with E-state index < -0.39 is 0 Å². The molecule has 2 rings (SSSR count). The number of nitrogens with one attached hydrogen (secondary N) is 1. The molecule has 0 aliphatic rings. The fraction of sp³-hybridized carbons (Fsp3) is 0.133. The first-order valence-electron chi connectivity index (χ1n) is 5.89. The van der Waals surface area contributed by atoms with Crippen molar-refractivity contribution >= 4 is 5.91 Å². The standard InChI is InChI=1S/C15H16N2O/c1-11(12-7-3-2-4-8-12)13-9-5-6-10-14(13)15(18)17-16/h2-11H,16H2,1H3,(H,17,18). The van der Waals surface area contributed by atoms with Gasteiger partial charge in [0.1, 0.15) is 0 Å². The minimum Gasteiger partial charge on any atom is -0.290 e. The minimum absolute atomic E-state index is 0.152. The second-order valence-corrected chi connectivity index (χ2v) is 4.19. The highest BCUT2D eigenvalue weighted by molar-refractivity contribution is 5.95. The normalized spacial score (nSPS) is 11.9. The fourth-order valence-corrected chi connectivity index (χ4v) is 2.08. The van der Waals surface area contributed by atoms with Gasteiger partial charge in [0.15, 0.2) is 0 Å². The van der Waals surface area contributed by atoms with Crippen LogP contribution in [0, 0.1) is 0 Å². The summed E-state index contributed by atoms with van der Waals surface area (Å²) in [4.78, 5) is 11.7. The molecular weight excluding hydrogens is 224 g/mol. The average Bonchev–Trinajstić information content (AvgIpc) is 2.46. The first-order chi connectivity index (χ1) is 8.74. The molecule has 3 heteroatoms. The maximum atomic E-state index is 11.7. The van der Waals surface area contributed by atoms with Crippen LogP contribution in [0.5, 0.6) is 0 Å². The van der Waals surface area contributed by atoms with E-state index in [4.69, 9.17) is 5.84 Å². The van der Waals surface area contributed by atoms with Crippen molar-refractivity contribution in [1.82, 2.24) is 5.43 Å². The van der Waals surface area contributed by atoms with Crippen molar-refractivity contribution < 1.29 is 4.79 Å². The van der Waals surface area contributed by atoms with Gasteiger partial charge < -0.3 is 0 Å². The van der Waals surface area contributed by atoms with Gasteiger partial charge in [-0.15, -0.1) is 0 Å². The van der Waals surface area contributed by atoms with Gasteiger partial charge in [0.25, 0.3) is 5.91 Å². The molecule has 1 amide bonds. The molecule has 3 nitrogen and oxygen atoms in total. The molecule has 3 N–H and O–H groups in total. The first kappa shape index (κ1) is 12.3. The van der Waals surface area contributed by atoms with Crippen molar-refractivity contribution in [2.75, 3.05) is 0 Å². The zero-order chi connectivity index (χ0) is 13.0. The molecular formula is C15H16N2O. The number of nitrogen functional groups attached to an aromatic ring is 1. The van der Waals surface area contributed by atoms with Crippen LogP contribution in [0.2, 0.25) is 0 Å². The highest BCUT2D eigenvalue weighted by Gasteiger charge is 2.15. The van der Waals surface area contributed by atoms with E-state index in [1.165, 1.54) is 5.56 Å². The highest BCUT2D eigenvalue weighted by Crippen LogP contribution is 2.26. The van der Waals surface area contributed by atoms with Crippen LogP contribution in [-0.2, 0) is 0 Å². The van der Waals surface area contributed by atoms with E-state index >= 15 is 0 Å². The Hall–Kier alpha value is -2.13. The molecule has 92 valence electrons. The molecule has 0 aliphatic carbocycles. The molecule has 0 radical (unpaired) electrons. The Morgan fingerprint density at radius 2 is 1.67 bits per heavy atom. The van der Waals surface area contributed by atoms with Crippen molar-refractivity contribution in [2.45, 2.75) is 12.8 Å². The van der Waals surface area contributed by atoms with Gasteiger partial charge in [0.05, 0.1) is 0 Å². The van der Waals surface area contributed by atoms with Gasteiger partial charge in [-0.25, -0.2) is 5.84 Å².